The normalized spacial score (nSPS) is 10.5. The average molecular weight is 270 g/mol. The van der Waals surface area contributed by atoms with E-state index in [1.165, 1.54) is 0 Å². The summed E-state index contributed by atoms with van der Waals surface area (Å²) in [5.41, 5.74) is 3.03. The van der Waals surface area contributed by atoms with Gasteiger partial charge in [-0.3, -0.25) is 5.10 Å². The lowest BCUT2D eigenvalue weighted by atomic mass is 10.1. The Hall–Kier alpha value is -2.40. The second-order valence-corrected chi connectivity index (χ2v) is 4.96. The number of carboxylic acids is 1. The highest BCUT2D eigenvalue weighted by Gasteiger charge is 2.11. The van der Waals surface area contributed by atoms with E-state index < -0.39 is 5.97 Å². The smallest absolute Gasteiger partial charge is 0.335 e. The highest BCUT2D eigenvalue weighted by atomic mass is 32.1. The number of aromatic amines is 1. The van der Waals surface area contributed by atoms with Gasteiger partial charge in [0.1, 0.15) is 5.69 Å². The summed E-state index contributed by atoms with van der Waals surface area (Å²) >= 11 is 1.64. The maximum atomic E-state index is 10.8. The van der Waals surface area contributed by atoms with Crippen LogP contribution in [0.2, 0.25) is 0 Å². The molecule has 0 saturated heterocycles. The van der Waals surface area contributed by atoms with E-state index >= 15 is 0 Å². The molecule has 3 rings (SSSR count). The number of aromatic carboxylic acids is 1. The average Bonchev–Trinajstić information content (AvgIpc) is 3.09. The molecule has 2 heterocycles. The topological polar surface area (TPSA) is 66.0 Å². The molecule has 19 heavy (non-hydrogen) atoms. The molecule has 0 aliphatic heterocycles. The second-order valence-electron chi connectivity index (χ2n) is 4.01. The highest BCUT2D eigenvalue weighted by Crippen LogP contribution is 2.32. The largest absolute Gasteiger partial charge is 0.478 e. The zero-order valence-corrected chi connectivity index (χ0v) is 10.6. The number of nitrogens with zero attached hydrogens (tertiary/aromatic N) is 1. The van der Waals surface area contributed by atoms with E-state index in [1.807, 2.05) is 23.7 Å². The van der Waals surface area contributed by atoms with Gasteiger partial charge in [0.15, 0.2) is 0 Å². The molecule has 0 unspecified atom stereocenters. The summed E-state index contributed by atoms with van der Waals surface area (Å²) in [4.78, 5) is 12.0. The first-order valence-corrected chi connectivity index (χ1v) is 6.55. The lowest BCUT2D eigenvalue weighted by Crippen LogP contribution is -1.95. The minimum absolute atomic E-state index is 0.275. The fourth-order valence-electron chi connectivity index (χ4n) is 1.90. The monoisotopic (exact) mass is 270 g/mol. The summed E-state index contributed by atoms with van der Waals surface area (Å²) in [5.74, 6) is -0.924. The first-order chi connectivity index (χ1) is 9.25. The van der Waals surface area contributed by atoms with Crippen molar-refractivity contribution >= 4 is 17.3 Å². The number of carboxylic acid groups (broad SMARTS) is 1. The third-order valence-electron chi connectivity index (χ3n) is 2.83. The van der Waals surface area contributed by atoms with Gasteiger partial charge in [-0.05, 0) is 23.6 Å². The Morgan fingerprint density at radius 1 is 1.21 bits per heavy atom. The van der Waals surface area contributed by atoms with Gasteiger partial charge in [-0.1, -0.05) is 18.2 Å². The number of thiophene rings is 1. The van der Waals surface area contributed by atoms with Gasteiger partial charge in [-0.25, -0.2) is 4.79 Å². The first kappa shape index (κ1) is 11.7. The van der Waals surface area contributed by atoms with Crippen molar-refractivity contribution in [3.63, 3.8) is 0 Å². The Morgan fingerprint density at radius 2 is 2.00 bits per heavy atom. The van der Waals surface area contributed by atoms with Gasteiger partial charge in [0.25, 0.3) is 0 Å². The highest BCUT2D eigenvalue weighted by molar-refractivity contribution is 7.13. The number of aromatic nitrogens is 2. The van der Waals surface area contributed by atoms with Crippen LogP contribution in [0.3, 0.4) is 0 Å². The van der Waals surface area contributed by atoms with Crippen LogP contribution in [-0.2, 0) is 0 Å². The summed E-state index contributed by atoms with van der Waals surface area (Å²) in [7, 11) is 0. The van der Waals surface area contributed by atoms with Crippen LogP contribution in [0.15, 0.2) is 48.0 Å². The molecular formula is C14H10N2O2S. The zero-order valence-electron chi connectivity index (χ0n) is 9.83. The number of H-pyrrole nitrogens is 1. The molecule has 4 nitrogen and oxygen atoms in total. The molecule has 0 spiro atoms. The molecular weight excluding hydrogens is 260 g/mol. The van der Waals surface area contributed by atoms with E-state index in [0.29, 0.717) is 0 Å². The minimum atomic E-state index is -0.924. The van der Waals surface area contributed by atoms with Crippen LogP contribution in [-0.4, -0.2) is 21.3 Å². The van der Waals surface area contributed by atoms with E-state index in [9.17, 15) is 4.79 Å². The number of rotatable bonds is 3. The Balaban J connectivity index is 2.03. The Labute approximate surface area is 113 Å². The third-order valence-corrected chi connectivity index (χ3v) is 3.74. The maximum Gasteiger partial charge on any atom is 0.335 e. The third kappa shape index (κ3) is 2.15. The lowest BCUT2D eigenvalue weighted by molar-refractivity contribution is 0.0697. The molecule has 2 N–H and O–H groups in total. The first-order valence-electron chi connectivity index (χ1n) is 5.67. The van der Waals surface area contributed by atoms with Crippen molar-refractivity contribution in [2.75, 3.05) is 0 Å². The van der Waals surface area contributed by atoms with Crippen molar-refractivity contribution in [2.24, 2.45) is 0 Å². The van der Waals surface area contributed by atoms with Crippen LogP contribution >= 0.6 is 11.3 Å². The molecule has 0 atom stereocenters. The van der Waals surface area contributed by atoms with Gasteiger partial charge in [0.05, 0.1) is 5.56 Å². The zero-order chi connectivity index (χ0) is 13.2. The SMILES string of the molecule is O=C(O)c1ccc(-c2n[nH]cc2-c2cccs2)cc1. The van der Waals surface area contributed by atoms with Crippen molar-refractivity contribution in [2.45, 2.75) is 0 Å². The van der Waals surface area contributed by atoms with Crippen LogP contribution in [0.4, 0.5) is 0 Å². The summed E-state index contributed by atoms with van der Waals surface area (Å²) in [6.07, 6.45) is 1.85. The van der Waals surface area contributed by atoms with Crippen molar-refractivity contribution in [3.05, 3.63) is 53.5 Å². The predicted octanol–water partition coefficient (Wildman–Crippen LogP) is 3.50. The van der Waals surface area contributed by atoms with E-state index in [1.54, 1.807) is 35.6 Å². The molecule has 2 aromatic heterocycles. The number of carbonyl (C=O) groups is 1. The molecule has 94 valence electrons. The standard InChI is InChI=1S/C14H10N2O2S/c17-14(18)10-5-3-9(4-6-10)13-11(8-15-16-13)12-2-1-7-19-12/h1-8H,(H,15,16)(H,17,18). The number of nitrogens with one attached hydrogen (secondary N) is 1. The fourth-order valence-corrected chi connectivity index (χ4v) is 2.64. The fraction of sp³-hybridized carbons (Fsp3) is 0. The Bertz CT molecular complexity index is 699. The van der Waals surface area contributed by atoms with E-state index in [2.05, 4.69) is 10.2 Å². The molecule has 1 aromatic carbocycles. The summed E-state index contributed by atoms with van der Waals surface area (Å²) in [6, 6.07) is 10.7. The molecule has 0 bridgehead atoms. The van der Waals surface area contributed by atoms with Gasteiger partial charge >= 0.3 is 5.97 Å². The molecule has 5 heteroatoms. The van der Waals surface area contributed by atoms with E-state index in [-0.39, 0.29) is 5.56 Å². The molecule has 0 fully saturated rings. The summed E-state index contributed by atoms with van der Waals surface area (Å²) in [6.45, 7) is 0. The van der Waals surface area contributed by atoms with Crippen LogP contribution in [0.1, 0.15) is 10.4 Å². The van der Waals surface area contributed by atoms with E-state index in [4.69, 9.17) is 5.11 Å². The van der Waals surface area contributed by atoms with Crippen LogP contribution in [0, 0.1) is 0 Å². The number of hydrogen-bond donors (Lipinski definition) is 2. The number of hydrogen-bond acceptors (Lipinski definition) is 3. The van der Waals surface area contributed by atoms with Gasteiger partial charge in [0, 0.05) is 22.2 Å². The van der Waals surface area contributed by atoms with Crippen LogP contribution in [0.5, 0.6) is 0 Å². The molecule has 0 aliphatic carbocycles. The molecule has 0 aliphatic rings. The number of benzene rings is 1. The van der Waals surface area contributed by atoms with Crippen molar-refractivity contribution < 1.29 is 9.90 Å². The molecule has 0 amide bonds. The quantitative estimate of drug-likeness (QED) is 0.765. The van der Waals surface area contributed by atoms with Crippen molar-refractivity contribution in [1.82, 2.24) is 10.2 Å². The van der Waals surface area contributed by atoms with Crippen LogP contribution in [0.25, 0.3) is 21.7 Å². The molecule has 3 aromatic rings. The van der Waals surface area contributed by atoms with Gasteiger partial charge in [-0.2, -0.15) is 5.10 Å². The van der Waals surface area contributed by atoms with Gasteiger partial charge in [0.2, 0.25) is 0 Å². The summed E-state index contributed by atoms with van der Waals surface area (Å²) < 4.78 is 0. The van der Waals surface area contributed by atoms with Gasteiger partial charge < -0.3 is 5.11 Å². The molecule has 0 saturated carbocycles. The van der Waals surface area contributed by atoms with E-state index in [0.717, 1.165) is 21.7 Å². The molecule has 0 radical (unpaired) electrons. The maximum absolute atomic E-state index is 10.8. The Morgan fingerprint density at radius 3 is 2.63 bits per heavy atom. The Kier molecular flexibility index (Phi) is 2.89. The van der Waals surface area contributed by atoms with Gasteiger partial charge in [-0.15, -0.1) is 11.3 Å². The minimum Gasteiger partial charge on any atom is -0.478 e. The predicted molar refractivity (Wildman–Crippen MR) is 74.3 cm³/mol. The van der Waals surface area contributed by atoms with Crippen LogP contribution < -0.4 is 0 Å². The van der Waals surface area contributed by atoms with Crippen molar-refractivity contribution in [3.8, 4) is 21.7 Å². The summed E-state index contributed by atoms with van der Waals surface area (Å²) in [5, 5.41) is 18.0. The second kappa shape index (κ2) is 4.70. The lowest BCUT2D eigenvalue weighted by Gasteiger charge is -2.01. The van der Waals surface area contributed by atoms with Crippen molar-refractivity contribution in [1.29, 1.82) is 0 Å².